The van der Waals surface area contributed by atoms with Crippen molar-refractivity contribution in [3.8, 4) is 0 Å². The topological polar surface area (TPSA) is 109 Å². The number of carbonyl (C=O) groups is 2. The number of rotatable bonds is 6. The molecule has 1 saturated heterocycles. The summed E-state index contributed by atoms with van der Waals surface area (Å²) >= 11 is 0. The van der Waals surface area contributed by atoms with Gasteiger partial charge in [0.05, 0.1) is 5.69 Å². The van der Waals surface area contributed by atoms with Crippen LogP contribution in [0.5, 0.6) is 0 Å². The van der Waals surface area contributed by atoms with E-state index in [1.54, 1.807) is 16.9 Å². The van der Waals surface area contributed by atoms with Crippen LogP contribution in [-0.4, -0.2) is 54.9 Å². The van der Waals surface area contributed by atoms with Gasteiger partial charge in [0.15, 0.2) is 0 Å². The Morgan fingerprint density at radius 3 is 2.84 bits per heavy atom. The molecule has 1 atom stereocenters. The fraction of sp³-hybridized carbons (Fsp3) is 0.412. The van der Waals surface area contributed by atoms with E-state index in [-0.39, 0.29) is 18.2 Å². The standard InChI is InChI=1S/C17H20N4O4/c22-16(23)11-21-15(6-7-18-21)12-3-2-8-20(9-12)10-13-4-1-5-14(19-13)17(24)25/h1,4-7,12H,2-3,8-11H2,(H,22,23)(H,24,25)/t12-/m0/s1. The van der Waals surface area contributed by atoms with Gasteiger partial charge in [-0.2, -0.15) is 5.10 Å². The number of pyridine rings is 1. The smallest absolute Gasteiger partial charge is 0.354 e. The van der Waals surface area contributed by atoms with E-state index in [0.29, 0.717) is 6.54 Å². The summed E-state index contributed by atoms with van der Waals surface area (Å²) in [5.41, 5.74) is 1.70. The van der Waals surface area contributed by atoms with Crippen LogP contribution < -0.4 is 0 Å². The van der Waals surface area contributed by atoms with Gasteiger partial charge in [-0.25, -0.2) is 9.78 Å². The molecule has 3 rings (SSSR count). The van der Waals surface area contributed by atoms with E-state index >= 15 is 0 Å². The lowest BCUT2D eigenvalue weighted by atomic mass is 9.94. The molecule has 0 aromatic carbocycles. The van der Waals surface area contributed by atoms with Gasteiger partial charge in [0.1, 0.15) is 12.2 Å². The van der Waals surface area contributed by atoms with Crippen LogP contribution in [0, 0.1) is 0 Å². The molecule has 3 heterocycles. The van der Waals surface area contributed by atoms with Gasteiger partial charge in [0.2, 0.25) is 0 Å². The summed E-state index contributed by atoms with van der Waals surface area (Å²) < 4.78 is 1.54. The maximum atomic E-state index is 11.0. The highest BCUT2D eigenvalue weighted by Crippen LogP contribution is 2.27. The van der Waals surface area contributed by atoms with E-state index in [1.807, 2.05) is 12.1 Å². The number of aliphatic carboxylic acids is 1. The Kier molecular flexibility index (Phi) is 5.08. The summed E-state index contributed by atoms with van der Waals surface area (Å²) in [5.74, 6) is -1.73. The lowest BCUT2D eigenvalue weighted by molar-refractivity contribution is -0.137. The Morgan fingerprint density at radius 2 is 2.08 bits per heavy atom. The van der Waals surface area contributed by atoms with Crippen molar-refractivity contribution in [1.29, 1.82) is 0 Å². The van der Waals surface area contributed by atoms with Crippen molar-refractivity contribution in [2.75, 3.05) is 13.1 Å². The van der Waals surface area contributed by atoms with Gasteiger partial charge in [0.25, 0.3) is 0 Å². The van der Waals surface area contributed by atoms with Crippen molar-refractivity contribution < 1.29 is 19.8 Å². The van der Waals surface area contributed by atoms with Crippen LogP contribution >= 0.6 is 0 Å². The molecule has 0 saturated carbocycles. The Bertz CT molecular complexity index is 774. The van der Waals surface area contributed by atoms with Crippen LogP contribution in [0.2, 0.25) is 0 Å². The zero-order chi connectivity index (χ0) is 17.8. The van der Waals surface area contributed by atoms with E-state index in [2.05, 4.69) is 15.0 Å². The fourth-order valence-corrected chi connectivity index (χ4v) is 3.31. The van der Waals surface area contributed by atoms with Crippen LogP contribution in [0.25, 0.3) is 0 Å². The van der Waals surface area contributed by atoms with E-state index in [1.165, 1.54) is 6.07 Å². The SMILES string of the molecule is O=C(O)Cn1nccc1[C@H]1CCCN(Cc2cccc(C(=O)O)n2)C1. The number of carboxylic acid groups (broad SMARTS) is 2. The molecule has 1 aliphatic rings. The molecule has 8 nitrogen and oxygen atoms in total. The lowest BCUT2D eigenvalue weighted by Gasteiger charge is -2.32. The molecule has 0 bridgehead atoms. The average molecular weight is 344 g/mol. The summed E-state index contributed by atoms with van der Waals surface area (Å²) in [6, 6.07) is 6.88. The van der Waals surface area contributed by atoms with Crippen LogP contribution in [0.1, 0.15) is 40.6 Å². The van der Waals surface area contributed by atoms with Crippen molar-refractivity contribution in [3.63, 3.8) is 0 Å². The Balaban J connectivity index is 1.69. The summed E-state index contributed by atoms with van der Waals surface area (Å²) in [6.07, 6.45) is 3.60. The van der Waals surface area contributed by atoms with Crippen molar-refractivity contribution >= 4 is 11.9 Å². The number of hydrogen-bond acceptors (Lipinski definition) is 5. The third kappa shape index (κ3) is 4.21. The zero-order valence-corrected chi connectivity index (χ0v) is 13.7. The van der Waals surface area contributed by atoms with E-state index in [9.17, 15) is 9.59 Å². The molecule has 1 fully saturated rings. The minimum atomic E-state index is -1.03. The predicted molar refractivity (Wildman–Crippen MR) is 88.3 cm³/mol. The first-order valence-corrected chi connectivity index (χ1v) is 8.18. The number of piperidine rings is 1. The van der Waals surface area contributed by atoms with Crippen molar-refractivity contribution in [3.05, 3.63) is 47.5 Å². The van der Waals surface area contributed by atoms with Gasteiger partial charge in [-0.1, -0.05) is 6.07 Å². The van der Waals surface area contributed by atoms with Gasteiger partial charge in [0, 0.05) is 30.9 Å². The molecule has 8 heteroatoms. The molecular formula is C17H20N4O4. The third-order valence-corrected chi connectivity index (χ3v) is 4.37. The highest BCUT2D eigenvalue weighted by atomic mass is 16.4. The summed E-state index contributed by atoms with van der Waals surface area (Å²) in [5, 5.41) is 22.2. The first-order chi connectivity index (χ1) is 12.0. The second-order valence-corrected chi connectivity index (χ2v) is 6.20. The Hall–Kier alpha value is -2.74. The summed E-state index contributed by atoms with van der Waals surface area (Å²) in [6.45, 7) is 2.11. The van der Waals surface area contributed by atoms with E-state index in [0.717, 1.165) is 37.3 Å². The number of nitrogens with zero attached hydrogens (tertiary/aromatic N) is 4. The first-order valence-electron chi connectivity index (χ1n) is 8.18. The van der Waals surface area contributed by atoms with Gasteiger partial charge in [-0.15, -0.1) is 0 Å². The molecule has 25 heavy (non-hydrogen) atoms. The zero-order valence-electron chi connectivity index (χ0n) is 13.7. The van der Waals surface area contributed by atoms with Crippen molar-refractivity contribution in [2.45, 2.75) is 31.8 Å². The summed E-state index contributed by atoms with van der Waals surface area (Å²) in [4.78, 5) is 28.4. The number of aromatic carboxylic acids is 1. The average Bonchev–Trinajstić information content (AvgIpc) is 3.02. The largest absolute Gasteiger partial charge is 0.480 e. The molecular weight excluding hydrogens is 324 g/mol. The van der Waals surface area contributed by atoms with Crippen molar-refractivity contribution in [2.24, 2.45) is 0 Å². The van der Waals surface area contributed by atoms with Crippen molar-refractivity contribution in [1.82, 2.24) is 19.7 Å². The number of aromatic nitrogens is 3. The predicted octanol–water partition coefficient (Wildman–Crippen LogP) is 1.44. The number of carboxylic acids is 2. The number of hydrogen-bond donors (Lipinski definition) is 2. The van der Waals surface area contributed by atoms with Gasteiger partial charge >= 0.3 is 11.9 Å². The molecule has 0 unspecified atom stereocenters. The minimum absolute atomic E-state index is 0.0468. The molecule has 2 N–H and O–H groups in total. The second kappa shape index (κ2) is 7.43. The van der Waals surface area contributed by atoms with E-state index < -0.39 is 11.9 Å². The second-order valence-electron chi connectivity index (χ2n) is 6.20. The quantitative estimate of drug-likeness (QED) is 0.816. The summed E-state index contributed by atoms with van der Waals surface area (Å²) in [7, 11) is 0. The highest BCUT2D eigenvalue weighted by molar-refractivity contribution is 5.85. The molecule has 2 aromatic rings. The maximum absolute atomic E-state index is 11.0. The normalized spacial score (nSPS) is 18.2. The maximum Gasteiger partial charge on any atom is 0.354 e. The first kappa shape index (κ1) is 17.1. The lowest BCUT2D eigenvalue weighted by Crippen LogP contribution is -2.35. The molecule has 132 valence electrons. The third-order valence-electron chi connectivity index (χ3n) is 4.37. The molecule has 0 amide bonds. The number of likely N-dealkylation sites (tertiary alicyclic amines) is 1. The molecule has 0 aliphatic carbocycles. The minimum Gasteiger partial charge on any atom is -0.480 e. The highest BCUT2D eigenvalue weighted by Gasteiger charge is 2.25. The van der Waals surface area contributed by atoms with Gasteiger partial charge in [-0.3, -0.25) is 14.4 Å². The van der Waals surface area contributed by atoms with Crippen LogP contribution in [-0.2, 0) is 17.9 Å². The monoisotopic (exact) mass is 344 g/mol. The molecule has 1 aliphatic heterocycles. The fourth-order valence-electron chi connectivity index (χ4n) is 3.31. The molecule has 0 spiro atoms. The Labute approximate surface area is 144 Å². The van der Waals surface area contributed by atoms with Crippen LogP contribution in [0.15, 0.2) is 30.5 Å². The molecule has 0 radical (unpaired) electrons. The molecule has 2 aromatic heterocycles. The Morgan fingerprint density at radius 1 is 1.24 bits per heavy atom. The van der Waals surface area contributed by atoms with Crippen LogP contribution in [0.3, 0.4) is 0 Å². The van der Waals surface area contributed by atoms with E-state index in [4.69, 9.17) is 10.2 Å². The van der Waals surface area contributed by atoms with Gasteiger partial charge < -0.3 is 10.2 Å². The van der Waals surface area contributed by atoms with Gasteiger partial charge in [-0.05, 0) is 37.6 Å². The van der Waals surface area contributed by atoms with Crippen LogP contribution in [0.4, 0.5) is 0 Å².